The minimum absolute atomic E-state index is 0. The summed E-state index contributed by atoms with van der Waals surface area (Å²) in [5.41, 5.74) is 0. The molecule has 0 aliphatic heterocycles. The largest absolute Gasteiger partial charge is 0.384 e. The van der Waals surface area contributed by atoms with Crippen molar-refractivity contribution in [1.82, 2.24) is 0 Å². The molecule has 0 amide bonds. The number of hydrogen-bond donors (Lipinski definition) is 0. The molecular formula is C8H20O. The van der Waals surface area contributed by atoms with E-state index in [1.165, 1.54) is 12.8 Å². The molecule has 0 atom stereocenters. The number of ether oxygens (including phenoxy) is 1. The lowest BCUT2D eigenvalue weighted by Gasteiger charge is -2.08. The van der Waals surface area contributed by atoms with Gasteiger partial charge in [0.05, 0.1) is 0 Å². The van der Waals surface area contributed by atoms with Gasteiger partial charge in [-0.25, -0.2) is 0 Å². The molecule has 0 heterocycles. The second kappa shape index (κ2) is 7.96. The lowest BCUT2D eigenvalue weighted by atomic mass is 10.1. The zero-order chi connectivity index (χ0) is 6.41. The summed E-state index contributed by atoms with van der Waals surface area (Å²) in [6.07, 6.45) is 2.48. The van der Waals surface area contributed by atoms with Crippen LogP contribution in [0.2, 0.25) is 0 Å². The van der Waals surface area contributed by atoms with Crippen LogP contribution in [-0.2, 0) is 4.74 Å². The van der Waals surface area contributed by atoms with Gasteiger partial charge in [0, 0.05) is 13.7 Å². The molecule has 0 rings (SSSR count). The Hall–Kier alpha value is -0.0400. The van der Waals surface area contributed by atoms with E-state index in [2.05, 4.69) is 13.8 Å². The van der Waals surface area contributed by atoms with Gasteiger partial charge < -0.3 is 4.74 Å². The quantitative estimate of drug-likeness (QED) is 0.571. The van der Waals surface area contributed by atoms with Gasteiger partial charge in [0.15, 0.2) is 0 Å². The molecule has 0 aliphatic carbocycles. The van der Waals surface area contributed by atoms with E-state index >= 15 is 0 Å². The SMILES string of the molecule is C.CCC(CC)COC. The highest BCUT2D eigenvalue weighted by molar-refractivity contribution is 4.50. The van der Waals surface area contributed by atoms with Crippen LogP contribution in [0.15, 0.2) is 0 Å². The van der Waals surface area contributed by atoms with Crippen LogP contribution in [0.4, 0.5) is 0 Å². The highest BCUT2D eigenvalue weighted by atomic mass is 16.5. The monoisotopic (exact) mass is 132 g/mol. The van der Waals surface area contributed by atoms with Crippen LogP contribution in [-0.4, -0.2) is 13.7 Å². The van der Waals surface area contributed by atoms with E-state index in [0.29, 0.717) is 0 Å². The highest BCUT2D eigenvalue weighted by Gasteiger charge is 1.99. The average Bonchev–Trinajstić information content (AvgIpc) is 1.83. The minimum atomic E-state index is 0. The molecule has 0 unspecified atom stereocenters. The van der Waals surface area contributed by atoms with Gasteiger partial charge in [0.25, 0.3) is 0 Å². The van der Waals surface area contributed by atoms with Crippen molar-refractivity contribution in [2.75, 3.05) is 13.7 Å². The molecule has 9 heavy (non-hydrogen) atoms. The Kier molecular flexibility index (Phi) is 10.4. The molecule has 1 nitrogen and oxygen atoms in total. The topological polar surface area (TPSA) is 9.23 Å². The highest BCUT2D eigenvalue weighted by Crippen LogP contribution is 2.05. The Labute approximate surface area is 59.4 Å². The standard InChI is InChI=1S/C7H16O.CH4/c1-4-7(5-2)6-8-3;/h7H,4-6H2,1-3H3;1H4. The molecular weight excluding hydrogens is 112 g/mol. The van der Waals surface area contributed by atoms with Gasteiger partial charge in [-0.15, -0.1) is 0 Å². The first-order chi connectivity index (χ1) is 3.85. The summed E-state index contributed by atoms with van der Waals surface area (Å²) in [7, 11) is 1.76. The van der Waals surface area contributed by atoms with Crippen LogP contribution in [0.1, 0.15) is 34.1 Å². The van der Waals surface area contributed by atoms with Crippen LogP contribution in [0.25, 0.3) is 0 Å². The van der Waals surface area contributed by atoms with Crippen molar-refractivity contribution in [3.8, 4) is 0 Å². The van der Waals surface area contributed by atoms with E-state index in [0.717, 1.165) is 12.5 Å². The van der Waals surface area contributed by atoms with Crippen molar-refractivity contribution in [3.05, 3.63) is 0 Å². The molecule has 0 aromatic heterocycles. The van der Waals surface area contributed by atoms with E-state index in [4.69, 9.17) is 4.74 Å². The number of hydrogen-bond acceptors (Lipinski definition) is 1. The van der Waals surface area contributed by atoms with Gasteiger partial charge in [-0.1, -0.05) is 34.1 Å². The molecule has 1 heteroatoms. The molecule has 0 saturated heterocycles. The third kappa shape index (κ3) is 5.84. The second-order valence-corrected chi connectivity index (χ2v) is 2.14. The second-order valence-electron chi connectivity index (χ2n) is 2.14. The van der Waals surface area contributed by atoms with Crippen LogP contribution in [0.5, 0.6) is 0 Å². The molecule has 0 aromatic rings. The normalized spacial score (nSPS) is 9.33. The van der Waals surface area contributed by atoms with E-state index < -0.39 is 0 Å². The van der Waals surface area contributed by atoms with Crippen molar-refractivity contribution >= 4 is 0 Å². The van der Waals surface area contributed by atoms with E-state index in [-0.39, 0.29) is 7.43 Å². The maximum Gasteiger partial charge on any atom is 0.0490 e. The van der Waals surface area contributed by atoms with Gasteiger partial charge in [0.2, 0.25) is 0 Å². The van der Waals surface area contributed by atoms with Crippen molar-refractivity contribution in [2.24, 2.45) is 5.92 Å². The Bertz CT molecular complexity index is 39.8. The molecule has 0 radical (unpaired) electrons. The number of methoxy groups -OCH3 is 1. The first kappa shape index (κ1) is 11.7. The Morgan fingerprint density at radius 2 is 1.67 bits per heavy atom. The molecule has 0 aliphatic rings. The van der Waals surface area contributed by atoms with Gasteiger partial charge in [-0.05, 0) is 5.92 Å². The van der Waals surface area contributed by atoms with E-state index in [1.807, 2.05) is 0 Å². The molecule has 0 bridgehead atoms. The third-order valence-electron chi connectivity index (χ3n) is 1.56. The Morgan fingerprint density at radius 3 is 1.78 bits per heavy atom. The number of rotatable bonds is 4. The maximum atomic E-state index is 4.99. The van der Waals surface area contributed by atoms with Crippen LogP contribution in [0.3, 0.4) is 0 Å². The molecule has 58 valence electrons. The van der Waals surface area contributed by atoms with Gasteiger partial charge in [-0.2, -0.15) is 0 Å². The molecule has 0 N–H and O–H groups in total. The van der Waals surface area contributed by atoms with Crippen LogP contribution >= 0.6 is 0 Å². The first-order valence-corrected chi connectivity index (χ1v) is 3.34. The smallest absolute Gasteiger partial charge is 0.0490 e. The Morgan fingerprint density at radius 1 is 1.22 bits per heavy atom. The fraction of sp³-hybridized carbons (Fsp3) is 1.00. The predicted molar refractivity (Wildman–Crippen MR) is 42.7 cm³/mol. The molecule has 0 spiro atoms. The van der Waals surface area contributed by atoms with E-state index in [1.54, 1.807) is 7.11 Å². The lowest BCUT2D eigenvalue weighted by Crippen LogP contribution is -2.04. The zero-order valence-corrected chi connectivity index (χ0v) is 6.11. The summed E-state index contributed by atoms with van der Waals surface area (Å²) in [4.78, 5) is 0. The summed E-state index contributed by atoms with van der Waals surface area (Å²) in [6, 6.07) is 0. The average molecular weight is 132 g/mol. The fourth-order valence-electron chi connectivity index (χ4n) is 0.760. The Balaban J connectivity index is 0. The van der Waals surface area contributed by atoms with Gasteiger partial charge >= 0.3 is 0 Å². The minimum Gasteiger partial charge on any atom is -0.384 e. The summed E-state index contributed by atoms with van der Waals surface area (Å²) >= 11 is 0. The van der Waals surface area contributed by atoms with Crippen molar-refractivity contribution < 1.29 is 4.74 Å². The fourth-order valence-corrected chi connectivity index (χ4v) is 0.760. The van der Waals surface area contributed by atoms with E-state index in [9.17, 15) is 0 Å². The van der Waals surface area contributed by atoms with Crippen LogP contribution in [0, 0.1) is 5.92 Å². The van der Waals surface area contributed by atoms with Gasteiger partial charge in [0.1, 0.15) is 0 Å². The summed E-state index contributed by atoms with van der Waals surface area (Å²) < 4.78 is 4.99. The van der Waals surface area contributed by atoms with Crippen molar-refractivity contribution in [2.45, 2.75) is 34.1 Å². The maximum absolute atomic E-state index is 4.99. The van der Waals surface area contributed by atoms with Crippen LogP contribution < -0.4 is 0 Å². The predicted octanol–water partition coefficient (Wildman–Crippen LogP) is 2.71. The van der Waals surface area contributed by atoms with Crippen molar-refractivity contribution in [1.29, 1.82) is 0 Å². The lowest BCUT2D eigenvalue weighted by molar-refractivity contribution is 0.148. The molecule has 0 aromatic carbocycles. The van der Waals surface area contributed by atoms with Gasteiger partial charge in [-0.3, -0.25) is 0 Å². The summed E-state index contributed by atoms with van der Waals surface area (Å²) in [5, 5.41) is 0. The third-order valence-corrected chi connectivity index (χ3v) is 1.56. The molecule has 0 saturated carbocycles. The summed E-state index contributed by atoms with van der Waals surface area (Å²) in [6.45, 7) is 5.33. The first-order valence-electron chi connectivity index (χ1n) is 3.34. The molecule has 0 fully saturated rings. The zero-order valence-electron chi connectivity index (χ0n) is 6.11. The van der Waals surface area contributed by atoms with Crippen molar-refractivity contribution in [3.63, 3.8) is 0 Å². The summed E-state index contributed by atoms with van der Waals surface area (Å²) in [5.74, 6) is 0.778.